The van der Waals surface area contributed by atoms with Crippen LogP contribution in [0.5, 0.6) is 5.75 Å². The Labute approximate surface area is 143 Å². The zero-order valence-corrected chi connectivity index (χ0v) is 15.2. The molecule has 0 spiro atoms. The molecule has 0 bridgehead atoms. The van der Waals surface area contributed by atoms with E-state index in [9.17, 15) is 9.59 Å². The van der Waals surface area contributed by atoms with Crippen molar-refractivity contribution in [3.05, 3.63) is 24.3 Å². The molecule has 1 atom stereocenters. The summed E-state index contributed by atoms with van der Waals surface area (Å²) in [6, 6.07) is 6.59. The number of methoxy groups -OCH3 is 1. The summed E-state index contributed by atoms with van der Waals surface area (Å²) < 4.78 is 10.2. The van der Waals surface area contributed by atoms with Gasteiger partial charge in [-0.15, -0.1) is 0 Å². The molecular formula is C17H27N3O4. The average Bonchev–Trinajstić information content (AvgIpc) is 2.50. The SMILES string of the molecule is COc1ccc(NC(=O)N(C)[C@@H](C)CNC(=O)OC(C)(C)C)cc1. The van der Waals surface area contributed by atoms with Gasteiger partial charge in [0.1, 0.15) is 11.4 Å². The summed E-state index contributed by atoms with van der Waals surface area (Å²) in [6.45, 7) is 7.52. The van der Waals surface area contributed by atoms with E-state index in [-0.39, 0.29) is 12.1 Å². The normalized spacial score (nSPS) is 12.1. The van der Waals surface area contributed by atoms with E-state index in [4.69, 9.17) is 9.47 Å². The van der Waals surface area contributed by atoms with E-state index in [1.165, 1.54) is 4.90 Å². The lowest BCUT2D eigenvalue weighted by molar-refractivity contribution is 0.0516. The summed E-state index contributed by atoms with van der Waals surface area (Å²) in [4.78, 5) is 25.4. The van der Waals surface area contributed by atoms with Gasteiger partial charge in [0, 0.05) is 25.3 Å². The van der Waals surface area contributed by atoms with Gasteiger partial charge in [0.25, 0.3) is 0 Å². The Morgan fingerprint density at radius 2 is 1.79 bits per heavy atom. The van der Waals surface area contributed by atoms with Crippen molar-refractivity contribution in [2.45, 2.75) is 39.3 Å². The van der Waals surface area contributed by atoms with Gasteiger partial charge in [0.15, 0.2) is 0 Å². The minimum Gasteiger partial charge on any atom is -0.497 e. The highest BCUT2D eigenvalue weighted by Crippen LogP contribution is 2.15. The number of hydrogen-bond donors (Lipinski definition) is 2. The number of anilines is 1. The lowest BCUT2D eigenvalue weighted by Crippen LogP contribution is -2.45. The molecule has 1 aromatic carbocycles. The number of benzene rings is 1. The lowest BCUT2D eigenvalue weighted by Gasteiger charge is -2.26. The van der Waals surface area contributed by atoms with Crippen molar-refractivity contribution in [3.8, 4) is 5.75 Å². The fourth-order valence-electron chi connectivity index (χ4n) is 1.77. The monoisotopic (exact) mass is 337 g/mol. The molecule has 2 N–H and O–H groups in total. The molecule has 0 aliphatic carbocycles. The number of likely N-dealkylation sites (N-methyl/N-ethyl adjacent to an activating group) is 1. The molecule has 7 heteroatoms. The molecule has 0 unspecified atom stereocenters. The number of nitrogens with one attached hydrogen (secondary N) is 2. The highest BCUT2D eigenvalue weighted by Gasteiger charge is 2.19. The number of hydrogen-bond acceptors (Lipinski definition) is 4. The van der Waals surface area contributed by atoms with Crippen molar-refractivity contribution in [1.82, 2.24) is 10.2 Å². The van der Waals surface area contributed by atoms with Gasteiger partial charge in [0.2, 0.25) is 0 Å². The molecule has 24 heavy (non-hydrogen) atoms. The van der Waals surface area contributed by atoms with Gasteiger partial charge in [0.05, 0.1) is 7.11 Å². The van der Waals surface area contributed by atoms with E-state index in [1.807, 2.05) is 6.92 Å². The minimum atomic E-state index is -0.551. The van der Waals surface area contributed by atoms with Crippen LogP contribution in [0.25, 0.3) is 0 Å². The minimum absolute atomic E-state index is 0.198. The second kappa shape index (κ2) is 8.42. The maximum Gasteiger partial charge on any atom is 0.407 e. The van der Waals surface area contributed by atoms with Crippen molar-refractivity contribution < 1.29 is 19.1 Å². The van der Waals surface area contributed by atoms with E-state index >= 15 is 0 Å². The van der Waals surface area contributed by atoms with E-state index in [0.717, 1.165) is 5.75 Å². The summed E-state index contributed by atoms with van der Waals surface area (Å²) in [6.07, 6.45) is -0.502. The quantitative estimate of drug-likeness (QED) is 0.865. The first kappa shape index (κ1) is 19.6. The molecule has 0 aliphatic rings. The highest BCUT2D eigenvalue weighted by atomic mass is 16.6. The number of rotatable bonds is 5. The van der Waals surface area contributed by atoms with Crippen LogP contribution in [0.1, 0.15) is 27.7 Å². The first-order valence-electron chi connectivity index (χ1n) is 7.77. The molecule has 1 rings (SSSR count). The fraction of sp³-hybridized carbons (Fsp3) is 0.529. The Bertz CT molecular complexity index is 552. The molecule has 0 radical (unpaired) electrons. The Balaban J connectivity index is 2.47. The number of carbonyl (C=O) groups excluding carboxylic acids is 2. The third-order valence-corrected chi connectivity index (χ3v) is 3.26. The number of carbonyl (C=O) groups is 2. The first-order valence-corrected chi connectivity index (χ1v) is 7.77. The Hall–Kier alpha value is -2.44. The van der Waals surface area contributed by atoms with Gasteiger partial charge in [-0.2, -0.15) is 0 Å². The zero-order valence-electron chi connectivity index (χ0n) is 15.2. The number of nitrogens with zero attached hydrogens (tertiary/aromatic N) is 1. The van der Waals surface area contributed by atoms with Crippen LogP contribution in [-0.4, -0.2) is 49.4 Å². The topological polar surface area (TPSA) is 79.9 Å². The molecule has 0 aromatic heterocycles. The number of alkyl carbamates (subject to hydrolysis) is 1. The Morgan fingerprint density at radius 1 is 1.21 bits per heavy atom. The Kier molecular flexibility index (Phi) is 6.88. The van der Waals surface area contributed by atoms with Crippen molar-refractivity contribution in [1.29, 1.82) is 0 Å². The molecular weight excluding hydrogens is 310 g/mol. The van der Waals surface area contributed by atoms with E-state index in [2.05, 4.69) is 10.6 Å². The zero-order chi connectivity index (χ0) is 18.3. The summed E-state index contributed by atoms with van der Waals surface area (Å²) in [5, 5.41) is 5.44. The predicted molar refractivity (Wildman–Crippen MR) is 93.5 cm³/mol. The standard InChI is InChI=1S/C17H27N3O4/c1-12(11-18-16(22)24-17(2,3)4)20(5)15(21)19-13-7-9-14(23-6)10-8-13/h7-10,12H,11H2,1-6H3,(H,18,22)(H,19,21)/t12-/m0/s1. The predicted octanol–water partition coefficient (Wildman–Crippen LogP) is 3.07. The lowest BCUT2D eigenvalue weighted by atomic mass is 10.2. The van der Waals surface area contributed by atoms with Crippen LogP contribution in [0.4, 0.5) is 15.3 Å². The molecule has 0 saturated carbocycles. The third-order valence-electron chi connectivity index (χ3n) is 3.26. The van der Waals surface area contributed by atoms with Crippen molar-refractivity contribution in [3.63, 3.8) is 0 Å². The summed E-state index contributed by atoms with van der Waals surface area (Å²) in [7, 11) is 3.25. The summed E-state index contributed by atoms with van der Waals surface area (Å²) in [5.74, 6) is 0.719. The van der Waals surface area contributed by atoms with E-state index in [0.29, 0.717) is 12.2 Å². The van der Waals surface area contributed by atoms with Crippen molar-refractivity contribution in [2.75, 3.05) is 26.0 Å². The van der Waals surface area contributed by atoms with Crippen LogP contribution in [0.15, 0.2) is 24.3 Å². The molecule has 134 valence electrons. The average molecular weight is 337 g/mol. The molecule has 0 saturated heterocycles. The molecule has 0 fully saturated rings. The molecule has 7 nitrogen and oxygen atoms in total. The Morgan fingerprint density at radius 3 is 2.29 bits per heavy atom. The molecule has 0 heterocycles. The largest absolute Gasteiger partial charge is 0.497 e. The van der Waals surface area contributed by atoms with Crippen LogP contribution in [0.3, 0.4) is 0 Å². The van der Waals surface area contributed by atoms with E-state index < -0.39 is 11.7 Å². The highest BCUT2D eigenvalue weighted by molar-refractivity contribution is 5.89. The first-order chi connectivity index (χ1) is 11.1. The molecule has 1 aromatic rings. The number of amides is 3. The van der Waals surface area contributed by atoms with Gasteiger partial charge in [-0.3, -0.25) is 0 Å². The molecule has 3 amide bonds. The number of ether oxygens (including phenoxy) is 2. The smallest absolute Gasteiger partial charge is 0.407 e. The van der Waals surface area contributed by atoms with Crippen LogP contribution < -0.4 is 15.4 Å². The van der Waals surface area contributed by atoms with Crippen molar-refractivity contribution in [2.24, 2.45) is 0 Å². The van der Waals surface area contributed by atoms with Gasteiger partial charge in [-0.25, -0.2) is 9.59 Å². The number of urea groups is 1. The van der Waals surface area contributed by atoms with Gasteiger partial charge in [-0.1, -0.05) is 0 Å². The van der Waals surface area contributed by atoms with Gasteiger partial charge in [-0.05, 0) is 52.0 Å². The van der Waals surface area contributed by atoms with Gasteiger partial charge < -0.3 is 25.0 Å². The summed E-state index contributed by atoms with van der Waals surface area (Å²) in [5.41, 5.74) is 0.116. The van der Waals surface area contributed by atoms with Crippen LogP contribution in [0.2, 0.25) is 0 Å². The van der Waals surface area contributed by atoms with E-state index in [1.54, 1.807) is 59.2 Å². The second-order valence-electron chi connectivity index (χ2n) is 6.50. The maximum atomic E-state index is 12.2. The maximum absolute atomic E-state index is 12.2. The third kappa shape index (κ3) is 6.76. The van der Waals surface area contributed by atoms with Crippen molar-refractivity contribution >= 4 is 17.8 Å². The van der Waals surface area contributed by atoms with Gasteiger partial charge >= 0.3 is 12.1 Å². The fourth-order valence-corrected chi connectivity index (χ4v) is 1.77. The van der Waals surface area contributed by atoms with Crippen LogP contribution in [-0.2, 0) is 4.74 Å². The van der Waals surface area contributed by atoms with Crippen LogP contribution >= 0.6 is 0 Å². The molecule has 0 aliphatic heterocycles. The summed E-state index contributed by atoms with van der Waals surface area (Å²) >= 11 is 0. The second-order valence-corrected chi connectivity index (χ2v) is 6.50. The van der Waals surface area contributed by atoms with Crippen LogP contribution in [0, 0.1) is 0 Å².